The van der Waals surface area contributed by atoms with Gasteiger partial charge in [-0.25, -0.2) is 9.97 Å². The highest BCUT2D eigenvalue weighted by Gasteiger charge is 2.33. The summed E-state index contributed by atoms with van der Waals surface area (Å²) in [7, 11) is 1.52. The van der Waals surface area contributed by atoms with Crippen LogP contribution in [0.5, 0.6) is 11.9 Å². The molecule has 2 aromatic rings. The average molecular weight is 444 g/mol. The van der Waals surface area contributed by atoms with E-state index in [1.165, 1.54) is 7.11 Å². The summed E-state index contributed by atoms with van der Waals surface area (Å²) in [4.78, 5) is 40.6. The number of aromatic nitrogens is 4. The summed E-state index contributed by atoms with van der Waals surface area (Å²) in [5, 5.41) is 0.774. The number of rotatable bonds is 5. The Bertz CT molecular complexity index is 1050. The predicted octanol–water partition coefficient (Wildman–Crippen LogP) is 1.64. The quantitative estimate of drug-likeness (QED) is 0.643. The third kappa shape index (κ3) is 4.00. The van der Waals surface area contributed by atoms with Gasteiger partial charge in [0.05, 0.1) is 18.8 Å². The standard InChI is InChI=1S/C21H25N5O4S/c1-29-20-22-8-5-17(24-20)30-14-6-9-25(10-7-14)18(27)11-13-12-31-21-23-16-4-2-3-15(16)19(28)26(13)21/h5,8,13-14H,2-4,6-7,9-12H2,1H3. The van der Waals surface area contributed by atoms with Crippen molar-refractivity contribution in [2.24, 2.45) is 0 Å². The largest absolute Gasteiger partial charge is 0.474 e. The van der Waals surface area contributed by atoms with E-state index in [-0.39, 0.29) is 29.6 Å². The Kier molecular flexibility index (Phi) is 5.56. The molecule has 1 atom stereocenters. The Morgan fingerprint density at radius 3 is 2.90 bits per heavy atom. The van der Waals surface area contributed by atoms with E-state index in [4.69, 9.17) is 14.5 Å². The third-order valence-electron chi connectivity index (χ3n) is 6.16. The summed E-state index contributed by atoms with van der Waals surface area (Å²) in [6.07, 6.45) is 6.11. The van der Waals surface area contributed by atoms with Crippen LogP contribution in [0.4, 0.5) is 0 Å². The van der Waals surface area contributed by atoms with Gasteiger partial charge in [-0.15, -0.1) is 0 Å². The molecule has 1 amide bonds. The second kappa shape index (κ2) is 8.49. The fourth-order valence-corrected chi connectivity index (χ4v) is 5.67. The fraction of sp³-hybridized carbons (Fsp3) is 0.571. The van der Waals surface area contributed by atoms with Gasteiger partial charge in [-0.1, -0.05) is 11.8 Å². The molecule has 0 saturated carbocycles. The molecule has 2 aliphatic heterocycles. The lowest BCUT2D eigenvalue weighted by Gasteiger charge is -2.32. The molecule has 3 aliphatic rings. The van der Waals surface area contributed by atoms with E-state index in [1.807, 2.05) is 4.90 Å². The minimum atomic E-state index is -0.110. The number of amides is 1. The molecule has 1 saturated heterocycles. The van der Waals surface area contributed by atoms with Gasteiger partial charge in [0.2, 0.25) is 11.8 Å². The van der Waals surface area contributed by atoms with Gasteiger partial charge in [0.25, 0.3) is 5.56 Å². The molecule has 10 heteroatoms. The van der Waals surface area contributed by atoms with Crippen molar-refractivity contribution in [1.82, 2.24) is 24.4 Å². The number of carbonyl (C=O) groups excluding carboxylic acids is 1. The summed E-state index contributed by atoms with van der Waals surface area (Å²) in [5.41, 5.74) is 1.87. The van der Waals surface area contributed by atoms with Crippen molar-refractivity contribution in [2.45, 2.75) is 55.8 Å². The zero-order valence-electron chi connectivity index (χ0n) is 17.5. The van der Waals surface area contributed by atoms with E-state index < -0.39 is 0 Å². The zero-order valence-corrected chi connectivity index (χ0v) is 18.3. The van der Waals surface area contributed by atoms with Gasteiger partial charge in [-0.3, -0.25) is 14.2 Å². The number of hydrogen-bond donors (Lipinski definition) is 0. The minimum absolute atomic E-state index is 0.000764. The Morgan fingerprint density at radius 2 is 2.10 bits per heavy atom. The van der Waals surface area contributed by atoms with Crippen LogP contribution in [0.25, 0.3) is 0 Å². The van der Waals surface area contributed by atoms with Crippen molar-refractivity contribution < 1.29 is 14.3 Å². The Labute approximate surface area is 184 Å². The van der Waals surface area contributed by atoms with E-state index in [0.29, 0.717) is 25.4 Å². The summed E-state index contributed by atoms with van der Waals surface area (Å²) in [6.45, 7) is 1.27. The van der Waals surface area contributed by atoms with Crippen molar-refractivity contribution in [2.75, 3.05) is 26.0 Å². The maximum Gasteiger partial charge on any atom is 0.319 e. The van der Waals surface area contributed by atoms with Gasteiger partial charge >= 0.3 is 6.01 Å². The number of likely N-dealkylation sites (tertiary alicyclic amines) is 1. The summed E-state index contributed by atoms with van der Waals surface area (Å²) in [6, 6.07) is 1.87. The van der Waals surface area contributed by atoms with Gasteiger partial charge in [-0.2, -0.15) is 4.98 Å². The number of aryl methyl sites for hydroxylation is 1. The normalized spacial score (nSPS) is 20.4. The first-order valence-corrected chi connectivity index (χ1v) is 11.7. The Balaban J connectivity index is 1.18. The van der Waals surface area contributed by atoms with Gasteiger partial charge in [0.15, 0.2) is 5.16 Å². The minimum Gasteiger partial charge on any atom is -0.474 e. The van der Waals surface area contributed by atoms with Crippen LogP contribution < -0.4 is 15.0 Å². The zero-order chi connectivity index (χ0) is 21.4. The highest BCUT2D eigenvalue weighted by atomic mass is 32.2. The highest BCUT2D eigenvalue weighted by Crippen LogP contribution is 2.34. The number of fused-ring (bicyclic) bond motifs is 2. The third-order valence-corrected chi connectivity index (χ3v) is 7.25. The topological polar surface area (TPSA) is 99.4 Å². The molecule has 0 N–H and O–H groups in total. The van der Waals surface area contributed by atoms with Crippen molar-refractivity contribution in [3.63, 3.8) is 0 Å². The van der Waals surface area contributed by atoms with Crippen LogP contribution in [0, 0.1) is 0 Å². The smallest absolute Gasteiger partial charge is 0.319 e. The lowest BCUT2D eigenvalue weighted by molar-refractivity contribution is -0.133. The Morgan fingerprint density at radius 1 is 1.26 bits per heavy atom. The van der Waals surface area contributed by atoms with E-state index in [2.05, 4.69) is 9.97 Å². The van der Waals surface area contributed by atoms with Crippen LogP contribution in [-0.4, -0.2) is 62.4 Å². The number of thioether (sulfide) groups is 1. The number of hydrogen-bond acceptors (Lipinski definition) is 8. The highest BCUT2D eigenvalue weighted by molar-refractivity contribution is 7.99. The molecular formula is C21H25N5O4S. The second-order valence-electron chi connectivity index (χ2n) is 8.10. The van der Waals surface area contributed by atoms with E-state index in [1.54, 1.807) is 28.6 Å². The van der Waals surface area contributed by atoms with Crippen LogP contribution in [0.15, 0.2) is 22.2 Å². The first-order valence-electron chi connectivity index (χ1n) is 10.7. The number of piperidine rings is 1. The number of methoxy groups -OCH3 is 1. The van der Waals surface area contributed by atoms with Crippen LogP contribution in [-0.2, 0) is 17.6 Å². The van der Waals surface area contributed by atoms with Crippen LogP contribution in [0.1, 0.15) is 43.0 Å². The molecule has 1 unspecified atom stereocenters. The van der Waals surface area contributed by atoms with Crippen molar-refractivity contribution in [3.05, 3.63) is 33.9 Å². The summed E-state index contributed by atoms with van der Waals surface area (Å²) in [5.74, 6) is 1.30. The first-order chi connectivity index (χ1) is 15.1. The monoisotopic (exact) mass is 443 g/mol. The molecule has 0 spiro atoms. The molecule has 31 heavy (non-hydrogen) atoms. The summed E-state index contributed by atoms with van der Waals surface area (Å²) < 4.78 is 12.7. The van der Waals surface area contributed by atoms with Crippen molar-refractivity contribution in [1.29, 1.82) is 0 Å². The predicted molar refractivity (Wildman–Crippen MR) is 114 cm³/mol. The number of ether oxygens (including phenoxy) is 2. The number of nitrogens with zero attached hydrogens (tertiary/aromatic N) is 5. The molecule has 1 aliphatic carbocycles. The average Bonchev–Trinajstić information content (AvgIpc) is 3.42. The molecule has 0 aromatic carbocycles. The molecule has 164 valence electrons. The van der Waals surface area contributed by atoms with Crippen molar-refractivity contribution >= 4 is 17.7 Å². The van der Waals surface area contributed by atoms with E-state index in [9.17, 15) is 9.59 Å². The molecular weight excluding hydrogens is 418 g/mol. The SMILES string of the molecule is COc1nccc(OC2CCN(C(=O)CC3CSc4nc5c(c(=O)n43)CCC5)CC2)n1. The molecule has 9 nitrogen and oxygen atoms in total. The molecule has 0 radical (unpaired) electrons. The molecule has 4 heterocycles. The fourth-order valence-electron chi connectivity index (χ4n) is 4.52. The van der Waals surface area contributed by atoms with E-state index in [0.717, 1.165) is 54.3 Å². The van der Waals surface area contributed by atoms with Crippen LogP contribution in [0.2, 0.25) is 0 Å². The maximum absolute atomic E-state index is 13.0. The van der Waals surface area contributed by atoms with Gasteiger partial charge in [0.1, 0.15) is 6.10 Å². The lowest BCUT2D eigenvalue weighted by Crippen LogP contribution is -2.43. The van der Waals surface area contributed by atoms with Gasteiger partial charge in [0, 0.05) is 55.9 Å². The molecule has 5 rings (SSSR count). The van der Waals surface area contributed by atoms with Crippen molar-refractivity contribution in [3.8, 4) is 11.9 Å². The molecule has 1 fully saturated rings. The van der Waals surface area contributed by atoms with Crippen LogP contribution in [0.3, 0.4) is 0 Å². The molecule has 0 bridgehead atoms. The Hall–Kier alpha value is -2.62. The lowest BCUT2D eigenvalue weighted by atomic mass is 10.1. The second-order valence-corrected chi connectivity index (χ2v) is 9.08. The molecule has 2 aromatic heterocycles. The van der Waals surface area contributed by atoms with E-state index >= 15 is 0 Å². The van der Waals surface area contributed by atoms with Crippen LogP contribution >= 0.6 is 11.8 Å². The first kappa shape index (κ1) is 20.3. The number of carbonyl (C=O) groups is 1. The van der Waals surface area contributed by atoms with Gasteiger partial charge in [-0.05, 0) is 19.3 Å². The van der Waals surface area contributed by atoms with Gasteiger partial charge < -0.3 is 14.4 Å². The summed E-state index contributed by atoms with van der Waals surface area (Å²) >= 11 is 1.59. The maximum atomic E-state index is 13.0.